The first-order valence-corrected chi connectivity index (χ1v) is 16.9. The lowest BCUT2D eigenvalue weighted by Gasteiger charge is -2.21. The number of rotatable bonds is 3. The number of hydrogen-bond donors (Lipinski definition) is 0. The molecular formula is C43H29N3S. The maximum atomic E-state index is 5.29. The van der Waals surface area contributed by atoms with Crippen LogP contribution in [-0.2, 0) is 5.41 Å². The van der Waals surface area contributed by atoms with Gasteiger partial charge in [0.05, 0.1) is 16.7 Å². The van der Waals surface area contributed by atoms with E-state index in [1.54, 1.807) is 11.3 Å². The van der Waals surface area contributed by atoms with Gasteiger partial charge in [-0.1, -0.05) is 123 Å². The highest BCUT2D eigenvalue weighted by atomic mass is 32.1. The van der Waals surface area contributed by atoms with Crippen LogP contribution in [0.3, 0.4) is 0 Å². The van der Waals surface area contributed by atoms with Crippen molar-refractivity contribution < 1.29 is 0 Å². The summed E-state index contributed by atoms with van der Waals surface area (Å²) in [7, 11) is 0. The van der Waals surface area contributed by atoms with Crippen molar-refractivity contribution in [2.45, 2.75) is 19.3 Å². The summed E-state index contributed by atoms with van der Waals surface area (Å²) in [6.07, 6.45) is 0. The van der Waals surface area contributed by atoms with E-state index in [0.717, 1.165) is 38.5 Å². The van der Waals surface area contributed by atoms with Gasteiger partial charge in [-0.3, -0.25) is 0 Å². The van der Waals surface area contributed by atoms with Crippen LogP contribution in [0.2, 0.25) is 0 Å². The molecule has 3 aromatic heterocycles. The number of aromatic nitrogens is 3. The molecule has 0 saturated carbocycles. The zero-order valence-electron chi connectivity index (χ0n) is 26.0. The molecule has 222 valence electrons. The molecule has 0 amide bonds. The van der Waals surface area contributed by atoms with Gasteiger partial charge in [-0.15, -0.1) is 11.3 Å². The third-order valence-corrected chi connectivity index (χ3v) is 11.1. The topological polar surface area (TPSA) is 30.7 Å². The quantitative estimate of drug-likeness (QED) is 0.197. The third-order valence-electron chi connectivity index (χ3n) is 10.0. The largest absolute Gasteiger partial charge is 0.309 e. The SMILES string of the molecule is CC1(C)c2ccccc2-c2c1ccc1c2c2ccccc2n1-c1cccc(-c2nc(-c3ccccc3)c3c(n2)sc2ccccc23)c1. The number of nitrogens with zero attached hydrogens (tertiary/aromatic N) is 3. The minimum atomic E-state index is -0.0533. The second-order valence-corrected chi connectivity index (χ2v) is 14.0. The molecule has 4 heteroatoms. The van der Waals surface area contributed by atoms with E-state index in [1.165, 1.54) is 54.1 Å². The van der Waals surface area contributed by atoms with E-state index < -0.39 is 0 Å². The number of hydrogen-bond acceptors (Lipinski definition) is 3. The van der Waals surface area contributed by atoms with Crippen molar-refractivity contribution in [2.75, 3.05) is 0 Å². The average molecular weight is 620 g/mol. The smallest absolute Gasteiger partial charge is 0.161 e. The van der Waals surface area contributed by atoms with Crippen molar-refractivity contribution in [3.05, 3.63) is 151 Å². The third kappa shape index (κ3) is 3.73. The van der Waals surface area contributed by atoms with Crippen molar-refractivity contribution in [1.29, 1.82) is 0 Å². The number of benzene rings is 6. The van der Waals surface area contributed by atoms with Crippen LogP contribution in [0.4, 0.5) is 0 Å². The molecule has 0 radical (unpaired) electrons. The van der Waals surface area contributed by atoms with E-state index >= 15 is 0 Å². The van der Waals surface area contributed by atoms with Crippen molar-refractivity contribution in [3.63, 3.8) is 0 Å². The van der Waals surface area contributed by atoms with Crippen LogP contribution in [-0.4, -0.2) is 14.5 Å². The Balaban J connectivity index is 1.22. The van der Waals surface area contributed by atoms with Gasteiger partial charge in [0.15, 0.2) is 5.82 Å². The molecular weight excluding hydrogens is 591 g/mol. The summed E-state index contributed by atoms with van der Waals surface area (Å²) in [6, 6.07) is 50.2. The minimum Gasteiger partial charge on any atom is -0.309 e. The maximum Gasteiger partial charge on any atom is 0.161 e. The fourth-order valence-electron chi connectivity index (χ4n) is 7.87. The van der Waals surface area contributed by atoms with Crippen LogP contribution in [0.15, 0.2) is 140 Å². The summed E-state index contributed by atoms with van der Waals surface area (Å²) in [5, 5.41) is 4.91. The molecule has 1 aliphatic rings. The Morgan fingerprint density at radius 3 is 2.21 bits per heavy atom. The molecule has 1 aliphatic carbocycles. The molecule has 0 spiro atoms. The van der Waals surface area contributed by atoms with Gasteiger partial charge in [0.1, 0.15) is 4.83 Å². The fraction of sp³-hybridized carbons (Fsp3) is 0.0698. The first kappa shape index (κ1) is 26.6. The van der Waals surface area contributed by atoms with Gasteiger partial charge in [-0.2, -0.15) is 0 Å². The van der Waals surface area contributed by atoms with E-state index in [1.807, 2.05) is 0 Å². The molecule has 0 fully saturated rings. The summed E-state index contributed by atoms with van der Waals surface area (Å²) >= 11 is 1.73. The standard InChI is InChI=1S/C43H29N3S/c1-43(2)32-20-9-6-17-29(32)37-33(43)23-24-35-38(37)30-18-7-10-21-34(30)46(35)28-16-12-15-27(25-28)41-44-40(26-13-4-3-5-14-26)39-31-19-8-11-22-36(31)47-42(39)45-41/h3-25H,1-2H3. The predicted octanol–water partition coefficient (Wildman–Crippen LogP) is 11.6. The fourth-order valence-corrected chi connectivity index (χ4v) is 8.95. The van der Waals surface area contributed by atoms with E-state index in [0.29, 0.717) is 0 Å². The van der Waals surface area contributed by atoms with Crippen molar-refractivity contribution in [3.8, 4) is 39.5 Å². The molecule has 0 aliphatic heterocycles. The molecule has 3 heterocycles. The van der Waals surface area contributed by atoms with Gasteiger partial charge < -0.3 is 4.57 Å². The Morgan fingerprint density at radius 2 is 1.32 bits per heavy atom. The number of thiophene rings is 1. The molecule has 0 N–H and O–H groups in total. The number of fused-ring (bicyclic) bond motifs is 10. The molecule has 0 saturated heterocycles. The second kappa shape index (κ2) is 9.71. The van der Waals surface area contributed by atoms with E-state index in [9.17, 15) is 0 Å². The second-order valence-electron chi connectivity index (χ2n) is 13.0. The maximum absolute atomic E-state index is 5.29. The minimum absolute atomic E-state index is 0.0533. The zero-order chi connectivity index (χ0) is 31.3. The molecule has 3 nitrogen and oxygen atoms in total. The summed E-state index contributed by atoms with van der Waals surface area (Å²) in [6.45, 7) is 4.70. The Morgan fingerprint density at radius 1 is 0.574 bits per heavy atom. The number of para-hydroxylation sites is 1. The molecule has 47 heavy (non-hydrogen) atoms. The Kier molecular flexibility index (Phi) is 5.50. The van der Waals surface area contributed by atoms with Crippen LogP contribution >= 0.6 is 11.3 Å². The van der Waals surface area contributed by atoms with Gasteiger partial charge in [0.2, 0.25) is 0 Å². The highest BCUT2D eigenvalue weighted by Gasteiger charge is 2.37. The molecule has 6 aromatic carbocycles. The lowest BCUT2D eigenvalue weighted by molar-refractivity contribution is 0.661. The van der Waals surface area contributed by atoms with E-state index in [2.05, 4.69) is 158 Å². The van der Waals surface area contributed by atoms with Gasteiger partial charge in [-0.25, -0.2) is 9.97 Å². The first-order chi connectivity index (χ1) is 23.1. The van der Waals surface area contributed by atoms with Gasteiger partial charge >= 0.3 is 0 Å². The first-order valence-electron chi connectivity index (χ1n) is 16.1. The average Bonchev–Trinajstić information content (AvgIpc) is 3.74. The van der Waals surface area contributed by atoms with Crippen LogP contribution in [0.1, 0.15) is 25.0 Å². The monoisotopic (exact) mass is 619 g/mol. The predicted molar refractivity (Wildman–Crippen MR) is 198 cm³/mol. The van der Waals surface area contributed by atoms with Crippen molar-refractivity contribution in [1.82, 2.24) is 14.5 Å². The van der Waals surface area contributed by atoms with Crippen LogP contribution in [0.25, 0.3) is 81.6 Å². The molecule has 9 aromatic rings. The molecule has 10 rings (SSSR count). The van der Waals surface area contributed by atoms with Crippen molar-refractivity contribution >= 4 is 53.4 Å². The van der Waals surface area contributed by atoms with Crippen LogP contribution in [0, 0.1) is 0 Å². The van der Waals surface area contributed by atoms with E-state index in [-0.39, 0.29) is 5.41 Å². The van der Waals surface area contributed by atoms with Gasteiger partial charge in [-0.05, 0) is 52.6 Å². The summed E-state index contributed by atoms with van der Waals surface area (Å²) in [5.74, 6) is 0.738. The summed E-state index contributed by atoms with van der Waals surface area (Å²) in [5.41, 5.74) is 12.0. The van der Waals surface area contributed by atoms with Crippen LogP contribution < -0.4 is 0 Å². The Hall–Kier alpha value is -5.58. The van der Waals surface area contributed by atoms with Gasteiger partial charge in [0, 0.05) is 48.5 Å². The summed E-state index contributed by atoms with van der Waals surface area (Å²) in [4.78, 5) is 11.5. The normalized spacial score (nSPS) is 13.5. The highest BCUT2D eigenvalue weighted by Crippen LogP contribution is 2.53. The lowest BCUT2D eigenvalue weighted by atomic mass is 9.82. The Labute approximate surface area is 276 Å². The Bertz CT molecular complexity index is 2710. The zero-order valence-corrected chi connectivity index (χ0v) is 26.8. The van der Waals surface area contributed by atoms with E-state index in [4.69, 9.17) is 9.97 Å². The highest BCUT2D eigenvalue weighted by molar-refractivity contribution is 7.25. The van der Waals surface area contributed by atoms with Gasteiger partial charge in [0.25, 0.3) is 0 Å². The lowest BCUT2D eigenvalue weighted by Crippen LogP contribution is -2.14. The van der Waals surface area contributed by atoms with Crippen LogP contribution in [0.5, 0.6) is 0 Å². The molecule has 0 unspecified atom stereocenters. The molecule has 0 bridgehead atoms. The molecule has 0 atom stereocenters. The van der Waals surface area contributed by atoms with Crippen molar-refractivity contribution in [2.24, 2.45) is 0 Å². The summed E-state index contributed by atoms with van der Waals surface area (Å²) < 4.78 is 3.64.